The lowest BCUT2D eigenvalue weighted by atomic mass is 9.93. The van der Waals surface area contributed by atoms with Crippen LogP contribution in [0.4, 0.5) is 5.69 Å². The number of aliphatic imine (C=N–C) groups is 1. The quantitative estimate of drug-likeness (QED) is 0.497. The van der Waals surface area contributed by atoms with Crippen LogP contribution in [0.2, 0.25) is 0 Å². The van der Waals surface area contributed by atoms with E-state index in [1.807, 2.05) is 26.0 Å². The maximum absolute atomic E-state index is 9.54. The molecular weight excluding hydrogens is 442 g/mol. The predicted octanol–water partition coefficient (Wildman–Crippen LogP) is 5.50. The fraction of sp³-hybridized carbons (Fsp3) is 0.333. The van der Waals surface area contributed by atoms with Crippen LogP contribution in [-0.4, -0.2) is 34.2 Å². The Kier molecular flexibility index (Phi) is 6.35. The van der Waals surface area contributed by atoms with E-state index >= 15 is 0 Å². The first kappa shape index (κ1) is 20.8. The SMILES string of the molecule is Cc1noc(C)c1CCC1=Nc2ccc(Br)cc2C(c2ccccc2)N1CCCO. The minimum atomic E-state index is 0.0578. The van der Waals surface area contributed by atoms with E-state index in [0.29, 0.717) is 6.42 Å². The summed E-state index contributed by atoms with van der Waals surface area (Å²) in [5, 5.41) is 13.6. The number of nitrogens with zero attached hydrogens (tertiary/aromatic N) is 3. The Morgan fingerprint density at radius 1 is 1.10 bits per heavy atom. The number of rotatable bonds is 7. The first-order chi connectivity index (χ1) is 14.6. The van der Waals surface area contributed by atoms with E-state index in [1.54, 1.807) is 0 Å². The van der Waals surface area contributed by atoms with Gasteiger partial charge in [0.25, 0.3) is 0 Å². The number of hydrogen-bond acceptors (Lipinski definition) is 5. The number of benzene rings is 2. The van der Waals surface area contributed by atoms with E-state index in [1.165, 1.54) is 11.1 Å². The maximum atomic E-state index is 9.54. The monoisotopic (exact) mass is 467 g/mol. The van der Waals surface area contributed by atoms with Crippen LogP contribution in [0.3, 0.4) is 0 Å². The number of aliphatic hydroxyl groups excluding tert-OH is 1. The zero-order chi connectivity index (χ0) is 21.1. The highest BCUT2D eigenvalue weighted by molar-refractivity contribution is 9.10. The molecule has 6 heteroatoms. The topological polar surface area (TPSA) is 61.9 Å². The minimum absolute atomic E-state index is 0.0578. The molecule has 1 N–H and O–H groups in total. The van der Waals surface area contributed by atoms with Gasteiger partial charge < -0.3 is 14.5 Å². The van der Waals surface area contributed by atoms with Crippen LogP contribution in [0.15, 0.2) is 62.5 Å². The number of aromatic nitrogens is 1. The molecule has 1 aliphatic heterocycles. The van der Waals surface area contributed by atoms with E-state index < -0.39 is 0 Å². The molecule has 30 heavy (non-hydrogen) atoms. The lowest BCUT2D eigenvalue weighted by Gasteiger charge is -2.39. The highest BCUT2D eigenvalue weighted by Gasteiger charge is 2.31. The Bertz CT molecular complexity index is 1030. The molecule has 1 unspecified atom stereocenters. The third-order valence-corrected chi connectivity index (χ3v) is 6.12. The average Bonchev–Trinajstić information content (AvgIpc) is 3.08. The van der Waals surface area contributed by atoms with Gasteiger partial charge in [0.15, 0.2) is 0 Å². The summed E-state index contributed by atoms with van der Waals surface area (Å²) >= 11 is 3.63. The Hall–Kier alpha value is -2.44. The van der Waals surface area contributed by atoms with Crippen molar-refractivity contribution in [2.75, 3.05) is 13.2 Å². The number of aliphatic hydroxyl groups is 1. The summed E-state index contributed by atoms with van der Waals surface area (Å²) < 4.78 is 6.39. The smallest absolute Gasteiger partial charge is 0.137 e. The van der Waals surface area contributed by atoms with E-state index in [9.17, 15) is 5.11 Å². The van der Waals surface area contributed by atoms with Gasteiger partial charge in [0, 0.05) is 35.2 Å². The molecular formula is C24H26BrN3O2. The highest BCUT2D eigenvalue weighted by Crippen LogP contribution is 2.41. The Labute approximate surface area is 185 Å². The molecule has 0 radical (unpaired) electrons. The Morgan fingerprint density at radius 3 is 2.60 bits per heavy atom. The number of fused-ring (bicyclic) bond motifs is 1. The van der Waals surface area contributed by atoms with Crippen molar-refractivity contribution in [3.63, 3.8) is 0 Å². The van der Waals surface area contributed by atoms with Crippen LogP contribution in [0.5, 0.6) is 0 Å². The van der Waals surface area contributed by atoms with Gasteiger partial charge in [-0.25, -0.2) is 4.99 Å². The van der Waals surface area contributed by atoms with Crippen molar-refractivity contribution in [2.45, 2.75) is 39.2 Å². The average molecular weight is 468 g/mol. The van der Waals surface area contributed by atoms with Crippen LogP contribution in [0.1, 0.15) is 47.0 Å². The Morgan fingerprint density at radius 2 is 1.90 bits per heavy atom. The fourth-order valence-electron chi connectivity index (χ4n) is 4.16. The number of hydrogen-bond donors (Lipinski definition) is 1. The van der Waals surface area contributed by atoms with Gasteiger partial charge in [-0.3, -0.25) is 0 Å². The van der Waals surface area contributed by atoms with Crippen molar-refractivity contribution < 1.29 is 9.63 Å². The second-order valence-electron chi connectivity index (χ2n) is 7.62. The van der Waals surface area contributed by atoms with Gasteiger partial charge in [0.1, 0.15) is 11.6 Å². The van der Waals surface area contributed by atoms with Crippen molar-refractivity contribution in [3.8, 4) is 0 Å². The molecule has 1 atom stereocenters. The first-order valence-electron chi connectivity index (χ1n) is 10.3. The molecule has 0 fully saturated rings. The van der Waals surface area contributed by atoms with Crippen molar-refractivity contribution in [3.05, 3.63) is 81.1 Å². The second kappa shape index (κ2) is 9.14. The summed E-state index contributed by atoms with van der Waals surface area (Å²) in [6.45, 7) is 4.84. The largest absolute Gasteiger partial charge is 0.396 e. The van der Waals surface area contributed by atoms with E-state index in [-0.39, 0.29) is 12.6 Å². The third kappa shape index (κ3) is 4.20. The normalized spacial score (nSPS) is 15.8. The van der Waals surface area contributed by atoms with Crippen molar-refractivity contribution in [2.24, 2.45) is 4.99 Å². The molecule has 1 aliphatic rings. The molecule has 0 spiro atoms. The van der Waals surface area contributed by atoms with Gasteiger partial charge in [-0.05, 0) is 50.5 Å². The molecule has 0 aliphatic carbocycles. The third-order valence-electron chi connectivity index (χ3n) is 5.63. The molecule has 0 saturated heterocycles. The maximum Gasteiger partial charge on any atom is 0.137 e. The van der Waals surface area contributed by atoms with Crippen LogP contribution < -0.4 is 0 Å². The molecule has 1 aromatic heterocycles. The van der Waals surface area contributed by atoms with Crippen LogP contribution in [0.25, 0.3) is 0 Å². The summed E-state index contributed by atoms with van der Waals surface area (Å²) in [5.74, 6) is 1.90. The predicted molar refractivity (Wildman–Crippen MR) is 122 cm³/mol. The van der Waals surface area contributed by atoms with Gasteiger partial charge in [0.05, 0.1) is 17.4 Å². The van der Waals surface area contributed by atoms with Crippen LogP contribution >= 0.6 is 15.9 Å². The van der Waals surface area contributed by atoms with Crippen molar-refractivity contribution >= 4 is 27.5 Å². The summed E-state index contributed by atoms with van der Waals surface area (Å²) in [6.07, 6.45) is 2.30. The summed E-state index contributed by atoms with van der Waals surface area (Å²) in [7, 11) is 0. The zero-order valence-electron chi connectivity index (χ0n) is 17.3. The molecule has 0 amide bonds. The number of amidine groups is 1. The molecule has 156 valence electrons. The van der Waals surface area contributed by atoms with Crippen LogP contribution in [-0.2, 0) is 6.42 Å². The number of halogens is 1. The van der Waals surface area contributed by atoms with Crippen LogP contribution in [0, 0.1) is 13.8 Å². The summed E-state index contributed by atoms with van der Waals surface area (Å²) in [5.41, 5.74) is 5.49. The molecule has 4 rings (SSSR count). The zero-order valence-corrected chi connectivity index (χ0v) is 18.9. The fourth-order valence-corrected chi connectivity index (χ4v) is 4.53. The van der Waals surface area contributed by atoms with Crippen molar-refractivity contribution in [1.29, 1.82) is 0 Å². The molecule has 2 aromatic carbocycles. The van der Waals surface area contributed by atoms with Gasteiger partial charge in [-0.1, -0.05) is 51.4 Å². The van der Waals surface area contributed by atoms with Gasteiger partial charge in [-0.15, -0.1) is 0 Å². The second-order valence-corrected chi connectivity index (χ2v) is 8.53. The molecule has 5 nitrogen and oxygen atoms in total. The number of aryl methyl sites for hydroxylation is 2. The van der Waals surface area contributed by atoms with Gasteiger partial charge in [0.2, 0.25) is 0 Å². The van der Waals surface area contributed by atoms with E-state index in [4.69, 9.17) is 9.52 Å². The lowest BCUT2D eigenvalue weighted by molar-refractivity contribution is 0.252. The molecule has 3 aromatic rings. The molecule has 0 bridgehead atoms. The lowest BCUT2D eigenvalue weighted by Crippen LogP contribution is -2.39. The van der Waals surface area contributed by atoms with Gasteiger partial charge >= 0.3 is 0 Å². The molecule has 2 heterocycles. The van der Waals surface area contributed by atoms with Gasteiger partial charge in [-0.2, -0.15) is 0 Å². The standard InChI is InChI=1S/C24H26BrN3O2/c1-16-20(17(2)30-27-16)10-12-23-26-22-11-9-19(25)15-21(22)24(28(23)13-6-14-29)18-7-4-3-5-8-18/h3-5,7-9,11,15,24,29H,6,10,12-14H2,1-2H3. The summed E-state index contributed by atoms with van der Waals surface area (Å²) in [6, 6.07) is 16.9. The van der Waals surface area contributed by atoms with E-state index in [0.717, 1.165) is 52.4 Å². The molecule has 0 saturated carbocycles. The summed E-state index contributed by atoms with van der Waals surface area (Å²) in [4.78, 5) is 7.39. The first-order valence-corrected chi connectivity index (χ1v) is 11.1. The Balaban J connectivity index is 1.75. The minimum Gasteiger partial charge on any atom is -0.396 e. The van der Waals surface area contributed by atoms with Crippen molar-refractivity contribution in [1.82, 2.24) is 10.1 Å². The van der Waals surface area contributed by atoms with E-state index in [2.05, 4.69) is 62.4 Å². The highest BCUT2D eigenvalue weighted by atomic mass is 79.9.